The van der Waals surface area contributed by atoms with Crippen LogP contribution in [0.1, 0.15) is 36.4 Å². The fraction of sp³-hybridized carbons (Fsp3) is 0.500. The quantitative estimate of drug-likeness (QED) is 0.862. The van der Waals surface area contributed by atoms with Gasteiger partial charge in [-0.3, -0.25) is 9.48 Å². The highest BCUT2D eigenvalue weighted by atomic mass is 16.5. The minimum atomic E-state index is -0.996. The Hall–Kier alpha value is -2.34. The third kappa shape index (κ3) is 3.90. The van der Waals surface area contributed by atoms with E-state index in [0.29, 0.717) is 25.4 Å². The van der Waals surface area contributed by atoms with E-state index in [9.17, 15) is 9.90 Å². The van der Waals surface area contributed by atoms with Crippen LogP contribution in [0.4, 0.5) is 0 Å². The molecule has 6 nitrogen and oxygen atoms in total. The lowest BCUT2D eigenvalue weighted by Gasteiger charge is -2.23. The maximum Gasteiger partial charge on any atom is 0.244 e. The van der Waals surface area contributed by atoms with Crippen molar-refractivity contribution < 1.29 is 14.6 Å². The van der Waals surface area contributed by atoms with Crippen LogP contribution in [0.5, 0.6) is 5.75 Å². The number of hydrogen-bond donors (Lipinski definition) is 1. The minimum Gasteiger partial charge on any atom is -0.491 e. The van der Waals surface area contributed by atoms with E-state index in [2.05, 4.69) is 5.10 Å². The monoisotopic (exact) mass is 355 g/mol. The first-order chi connectivity index (χ1) is 12.5. The number of benzene rings is 1. The third-order valence-corrected chi connectivity index (χ3v) is 5.17. The summed E-state index contributed by atoms with van der Waals surface area (Å²) >= 11 is 0. The summed E-state index contributed by atoms with van der Waals surface area (Å²) in [5, 5.41) is 15.2. The number of aromatic nitrogens is 2. The molecule has 0 spiro atoms. The molecule has 1 saturated heterocycles. The van der Waals surface area contributed by atoms with E-state index in [1.54, 1.807) is 9.58 Å². The molecule has 6 heteroatoms. The first-order valence-corrected chi connectivity index (χ1v) is 9.24. The minimum absolute atomic E-state index is 0.0123. The highest BCUT2D eigenvalue weighted by molar-refractivity contribution is 5.76. The molecule has 0 radical (unpaired) electrons. The number of aliphatic hydroxyl groups is 1. The van der Waals surface area contributed by atoms with Gasteiger partial charge in [0.05, 0.1) is 12.2 Å². The molecule has 1 aromatic heterocycles. The highest BCUT2D eigenvalue weighted by Gasteiger charge is 2.39. The zero-order valence-electron chi connectivity index (χ0n) is 15.1. The summed E-state index contributed by atoms with van der Waals surface area (Å²) in [6.07, 6.45) is 4.79. The van der Waals surface area contributed by atoms with Gasteiger partial charge < -0.3 is 14.7 Å². The summed E-state index contributed by atoms with van der Waals surface area (Å²) in [5.74, 6) is 1.31. The lowest BCUT2D eigenvalue weighted by Crippen LogP contribution is -2.41. The molecule has 2 fully saturated rings. The fourth-order valence-corrected chi connectivity index (χ4v) is 3.34. The molecule has 1 N–H and O–H groups in total. The van der Waals surface area contributed by atoms with Gasteiger partial charge in [-0.2, -0.15) is 5.10 Å². The second-order valence-corrected chi connectivity index (χ2v) is 7.60. The molecule has 1 amide bonds. The van der Waals surface area contributed by atoms with E-state index in [1.807, 2.05) is 43.5 Å². The number of rotatable bonds is 6. The van der Waals surface area contributed by atoms with Crippen molar-refractivity contribution >= 4 is 5.91 Å². The molecule has 0 bridgehead atoms. The number of carbonyl (C=O) groups excluding carboxylic acids is 1. The number of aryl methyl sites for hydroxylation is 1. The summed E-state index contributed by atoms with van der Waals surface area (Å²) < 4.78 is 7.43. The Kier molecular flexibility index (Phi) is 4.44. The van der Waals surface area contributed by atoms with Crippen LogP contribution in [0, 0.1) is 6.92 Å². The summed E-state index contributed by atoms with van der Waals surface area (Å²) in [6.45, 7) is 3.28. The van der Waals surface area contributed by atoms with Crippen molar-refractivity contribution in [3.05, 3.63) is 47.8 Å². The predicted molar refractivity (Wildman–Crippen MR) is 97.0 cm³/mol. The molecule has 1 saturated carbocycles. The first-order valence-electron chi connectivity index (χ1n) is 9.24. The van der Waals surface area contributed by atoms with Crippen LogP contribution in [0.25, 0.3) is 0 Å². The molecule has 1 aromatic carbocycles. The average molecular weight is 355 g/mol. The molecule has 138 valence electrons. The Labute approximate surface area is 153 Å². The van der Waals surface area contributed by atoms with Crippen LogP contribution >= 0.6 is 0 Å². The van der Waals surface area contributed by atoms with Crippen molar-refractivity contribution in [3.8, 4) is 5.75 Å². The normalized spacial score (nSPS) is 22.6. The lowest BCUT2D eigenvalue weighted by molar-refractivity contribution is -0.132. The van der Waals surface area contributed by atoms with Crippen molar-refractivity contribution in [1.82, 2.24) is 14.7 Å². The second-order valence-electron chi connectivity index (χ2n) is 7.60. The van der Waals surface area contributed by atoms with Gasteiger partial charge in [0.15, 0.2) is 0 Å². The van der Waals surface area contributed by atoms with Gasteiger partial charge in [0, 0.05) is 18.7 Å². The number of amides is 1. The van der Waals surface area contributed by atoms with Crippen LogP contribution in [0.2, 0.25) is 0 Å². The number of carbonyl (C=O) groups is 1. The van der Waals surface area contributed by atoms with Gasteiger partial charge >= 0.3 is 0 Å². The van der Waals surface area contributed by atoms with E-state index in [4.69, 9.17) is 4.74 Å². The topological polar surface area (TPSA) is 67.6 Å². The van der Waals surface area contributed by atoms with E-state index in [-0.39, 0.29) is 19.1 Å². The molecular weight excluding hydrogens is 330 g/mol. The van der Waals surface area contributed by atoms with Crippen molar-refractivity contribution in [2.24, 2.45) is 0 Å². The molecule has 1 unspecified atom stereocenters. The number of β-amino-alcohol motifs (C(OH)–C–C–N with tert-alkyl or cyclic N) is 1. The number of nitrogens with zero attached hydrogens (tertiary/aromatic N) is 3. The van der Waals surface area contributed by atoms with E-state index in [1.165, 1.54) is 12.8 Å². The summed E-state index contributed by atoms with van der Waals surface area (Å²) in [4.78, 5) is 14.2. The molecule has 1 aliphatic heterocycles. The van der Waals surface area contributed by atoms with Gasteiger partial charge in [-0.05, 0) is 44.4 Å². The van der Waals surface area contributed by atoms with Crippen LogP contribution in [0.3, 0.4) is 0 Å². The van der Waals surface area contributed by atoms with Crippen molar-refractivity contribution in [3.63, 3.8) is 0 Å². The van der Waals surface area contributed by atoms with Gasteiger partial charge in [-0.15, -0.1) is 0 Å². The standard InChI is InChI=1S/C20H25N3O3/c1-15-2-6-17(7-3-15)26-14-20(25)9-11-22(13-20)19(24)12-23-10-8-18(21-23)16-4-5-16/h2-3,6-8,10,16,25H,4-5,9,11-14H2,1H3. The zero-order chi connectivity index (χ0) is 18.1. The largest absolute Gasteiger partial charge is 0.491 e. The van der Waals surface area contributed by atoms with E-state index < -0.39 is 5.60 Å². The number of ether oxygens (including phenoxy) is 1. The first kappa shape index (κ1) is 17.1. The Morgan fingerprint density at radius 2 is 2.08 bits per heavy atom. The van der Waals surface area contributed by atoms with Crippen molar-refractivity contribution in [1.29, 1.82) is 0 Å². The molecule has 2 aliphatic rings. The predicted octanol–water partition coefficient (Wildman–Crippen LogP) is 2.11. The van der Waals surface area contributed by atoms with Crippen molar-refractivity contribution in [2.45, 2.75) is 44.2 Å². The third-order valence-electron chi connectivity index (χ3n) is 5.17. The summed E-state index contributed by atoms with van der Waals surface area (Å²) in [5.41, 5.74) is 1.25. The Balaban J connectivity index is 1.29. The van der Waals surface area contributed by atoms with Gasteiger partial charge in [0.2, 0.25) is 5.91 Å². The number of hydrogen-bond acceptors (Lipinski definition) is 4. The molecule has 26 heavy (non-hydrogen) atoms. The molecule has 4 rings (SSSR count). The molecule has 1 atom stereocenters. The van der Waals surface area contributed by atoms with Crippen molar-refractivity contribution in [2.75, 3.05) is 19.7 Å². The SMILES string of the molecule is Cc1ccc(OCC2(O)CCN(C(=O)Cn3ccc(C4CC4)n3)C2)cc1. The van der Waals surface area contributed by atoms with Crippen LogP contribution in [0.15, 0.2) is 36.5 Å². The smallest absolute Gasteiger partial charge is 0.244 e. The number of likely N-dealkylation sites (tertiary alicyclic amines) is 1. The maximum atomic E-state index is 12.5. The fourth-order valence-electron chi connectivity index (χ4n) is 3.34. The van der Waals surface area contributed by atoms with Gasteiger partial charge in [-0.1, -0.05) is 17.7 Å². The Bertz CT molecular complexity index is 782. The van der Waals surface area contributed by atoms with Gasteiger partial charge in [-0.25, -0.2) is 0 Å². The second kappa shape index (κ2) is 6.76. The maximum absolute atomic E-state index is 12.5. The average Bonchev–Trinajstić information content (AvgIpc) is 3.25. The summed E-state index contributed by atoms with van der Waals surface area (Å²) in [7, 11) is 0. The summed E-state index contributed by atoms with van der Waals surface area (Å²) in [6, 6.07) is 9.74. The molecule has 2 aromatic rings. The van der Waals surface area contributed by atoms with E-state index in [0.717, 1.165) is 17.0 Å². The highest BCUT2D eigenvalue weighted by Crippen LogP contribution is 2.38. The van der Waals surface area contributed by atoms with Gasteiger partial charge in [0.1, 0.15) is 24.5 Å². The van der Waals surface area contributed by atoms with E-state index >= 15 is 0 Å². The van der Waals surface area contributed by atoms with Crippen LogP contribution < -0.4 is 4.74 Å². The molecule has 2 heterocycles. The van der Waals surface area contributed by atoms with Crippen LogP contribution in [-0.2, 0) is 11.3 Å². The van der Waals surface area contributed by atoms with Crippen LogP contribution in [-0.4, -0.2) is 51.0 Å². The Morgan fingerprint density at radius 1 is 1.31 bits per heavy atom. The Morgan fingerprint density at radius 3 is 2.81 bits per heavy atom. The molecule has 1 aliphatic carbocycles. The zero-order valence-corrected chi connectivity index (χ0v) is 15.1. The molecular formula is C20H25N3O3. The van der Waals surface area contributed by atoms with Gasteiger partial charge in [0.25, 0.3) is 0 Å². The lowest BCUT2D eigenvalue weighted by atomic mass is 10.1.